The summed E-state index contributed by atoms with van der Waals surface area (Å²) in [6, 6.07) is 0. The van der Waals surface area contributed by atoms with Crippen LogP contribution in [0.5, 0.6) is 0 Å². The van der Waals surface area contributed by atoms with Gasteiger partial charge in [0.05, 0.1) is 5.75 Å². The van der Waals surface area contributed by atoms with Crippen molar-refractivity contribution in [1.82, 2.24) is 10.2 Å². The number of nitrogens with one attached hydrogen (secondary N) is 1. The highest BCUT2D eigenvalue weighted by molar-refractivity contribution is 7.90. The lowest BCUT2D eigenvalue weighted by Gasteiger charge is -2.40. The molecule has 1 saturated heterocycles. The Bertz CT molecular complexity index is 494. The van der Waals surface area contributed by atoms with Crippen molar-refractivity contribution >= 4 is 27.6 Å². The van der Waals surface area contributed by atoms with E-state index in [1.807, 2.05) is 0 Å². The van der Waals surface area contributed by atoms with Crippen LogP contribution in [0.4, 0.5) is 0 Å². The lowest BCUT2D eigenvalue weighted by molar-refractivity contribution is -0.155. The first kappa shape index (κ1) is 14.6. The maximum absolute atomic E-state index is 11.9. The molecule has 18 heavy (non-hydrogen) atoms. The van der Waals surface area contributed by atoms with Gasteiger partial charge < -0.3 is 4.90 Å². The van der Waals surface area contributed by atoms with E-state index in [0.717, 1.165) is 11.2 Å². The summed E-state index contributed by atoms with van der Waals surface area (Å²) >= 11 is 0. The molecule has 0 aliphatic carbocycles. The van der Waals surface area contributed by atoms with E-state index < -0.39 is 33.1 Å². The van der Waals surface area contributed by atoms with Crippen molar-refractivity contribution in [3.63, 3.8) is 0 Å². The lowest BCUT2D eigenvalue weighted by atomic mass is 9.98. The molecule has 1 rings (SSSR count). The molecule has 1 aliphatic rings. The van der Waals surface area contributed by atoms with E-state index in [0.29, 0.717) is 0 Å². The van der Waals surface area contributed by atoms with Crippen LogP contribution >= 0.6 is 0 Å². The van der Waals surface area contributed by atoms with Crippen LogP contribution in [0, 0.1) is 0 Å². The smallest absolute Gasteiger partial charge is 0.252 e. The molecule has 7 nitrogen and oxygen atoms in total. The predicted octanol–water partition coefficient (Wildman–Crippen LogP) is -1.32. The van der Waals surface area contributed by atoms with Crippen LogP contribution in [0.25, 0.3) is 0 Å². The zero-order valence-electron chi connectivity index (χ0n) is 10.5. The molecular weight excluding hydrogens is 260 g/mol. The molecule has 0 spiro atoms. The predicted molar refractivity (Wildman–Crippen MR) is 63.3 cm³/mol. The summed E-state index contributed by atoms with van der Waals surface area (Å²) in [4.78, 5) is 35.8. The molecule has 1 heterocycles. The summed E-state index contributed by atoms with van der Waals surface area (Å²) in [5.74, 6) is -1.94. The molecule has 1 fully saturated rings. The first-order valence-corrected chi connectivity index (χ1v) is 7.42. The average Bonchev–Trinajstić information content (AvgIpc) is 2.19. The van der Waals surface area contributed by atoms with Crippen LogP contribution in [-0.2, 0) is 24.2 Å². The molecule has 0 saturated carbocycles. The third-order valence-electron chi connectivity index (χ3n) is 2.77. The number of hydrogen-bond acceptors (Lipinski definition) is 5. The molecule has 0 radical (unpaired) electrons. The third kappa shape index (κ3) is 3.28. The highest BCUT2D eigenvalue weighted by Crippen LogP contribution is 2.19. The number of carbonyl (C=O) groups is 3. The Morgan fingerprint density at radius 2 is 1.94 bits per heavy atom. The molecule has 0 unspecified atom stereocenters. The van der Waals surface area contributed by atoms with E-state index in [1.54, 1.807) is 0 Å². The van der Waals surface area contributed by atoms with Gasteiger partial charge in [-0.15, -0.1) is 0 Å². The number of piperazine rings is 1. The Morgan fingerprint density at radius 1 is 1.39 bits per heavy atom. The number of carbonyl (C=O) groups excluding carboxylic acids is 3. The van der Waals surface area contributed by atoms with Gasteiger partial charge in [-0.2, -0.15) is 0 Å². The zero-order valence-corrected chi connectivity index (χ0v) is 11.3. The van der Waals surface area contributed by atoms with E-state index in [9.17, 15) is 22.8 Å². The highest BCUT2D eigenvalue weighted by Gasteiger charge is 2.43. The minimum atomic E-state index is -3.26. The average molecular weight is 276 g/mol. The van der Waals surface area contributed by atoms with Crippen molar-refractivity contribution in [2.24, 2.45) is 0 Å². The maximum atomic E-state index is 11.9. The van der Waals surface area contributed by atoms with Crippen molar-refractivity contribution in [2.75, 3.05) is 18.6 Å². The van der Waals surface area contributed by atoms with Crippen LogP contribution in [0.15, 0.2) is 0 Å². The van der Waals surface area contributed by atoms with E-state index in [1.165, 1.54) is 13.8 Å². The molecule has 0 bridgehead atoms. The Morgan fingerprint density at radius 3 is 2.44 bits per heavy atom. The van der Waals surface area contributed by atoms with Crippen LogP contribution in [-0.4, -0.2) is 55.1 Å². The third-order valence-corrected chi connectivity index (χ3v) is 3.72. The number of imide groups is 1. The summed E-state index contributed by atoms with van der Waals surface area (Å²) < 4.78 is 22.0. The van der Waals surface area contributed by atoms with E-state index in [2.05, 4.69) is 5.32 Å². The molecule has 0 atom stereocenters. The second-order valence-electron chi connectivity index (χ2n) is 4.80. The summed E-state index contributed by atoms with van der Waals surface area (Å²) in [5.41, 5.74) is -1.15. The van der Waals surface area contributed by atoms with Gasteiger partial charge in [-0.05, 0) is 13.8 Å². The highest BCUT2D eigenvalue weighted by atomic mass is 32.2. The fourth-order valence-electron chi connectivity index (χ4n) is 1.59. The minimum absolute atomic E-state index is 0.233. The second kappa shape index (κ2) is 4.68. The van der Waals surface area contributed by atoms with Gasteiger partial charge in [-0.1, -0.05) is 0 Å². The normalized spacial score (nSPS) is 19.6. The standard InChI is InChI=1S/C10H16N2O5S/c1-10(2)9(15)11-7(13)6-12(10)8(14)4-5-18(3,16)17/h4-6H2,1-3H3,(H,11,13,15). The molecule has 0 aromatic carbocycles. The van der Waals surface area contributed by atoms with Gasteiger partial charge in [-0.25, -0.2) is 8.42 Å². The van der Waals surface area contributed by atoms with Gasteiger partial charge in [-0.3, -0.25) is 19.7 Å². The summed E-state index contributed by atoms with van der Waals surface area (Å²) in [5, 5.41) is 2.14. The zero-order chi connectivity index (χ0) is 14.1. The molecule has 1 aliphatic heterocycles. The molecule has 3 amide bonds. The first-order chi connectivity index (χ1) is 8.04. The van der Waals surface area contributed by atoms with Gasteiger partial charge in [0, 0.05) is 12.7 Å². The van der Waals surface area contributed by atoms with Gasteiger partial charge >= 0.3 is 0 Å². The van der Waals surface area contributed by atoms with Gasteiger partial charge in [0.1, 0.15) is 21.9 Å². The topological polar surface area (TPSA) is 101 Å². The summed E-state index contributed by atoms with van der Waals surface area (Å²) in [6.45, 7) is 2.78. The van der Waals surface area contributed by atoms with Crippen LogP contribution in [0.1, 0.15) is 20.3 Å². The van der Waals surface area contributed by atoms with Crippen molar-refractivity contribution < 1.29 is 22.8 Å². The Balaban J connectivity index is 2.83. The molecule has 8 heteroatoms. The maximum Gasteiger partial charge on any atom is 0.252 e. The van der Waals surface area contributed by atoms with E-state index in [4.69, 9.17) is 0 Å². The summed E-state index contributed by atoms with van der Waals surface area (Å²) in [7, 11) is -3.26. The number of sulfone groups is 1. The van der Waals surface area contributed by atoms with Gasteiger partial charge in [0.15, 0.2) is 0 Å². The van der Waals surface area contributed by atoms with Crippen LogP contribution < -0.4 is 5.32 Å². The summed E-state index contributed by atoms with van der Waals surface area (Å²) in [6.07, 6.45) is 0.794. The minimum Gasteiger partial charge on any atom is -0.319 e. The number of amides is 3. The molecule has 1 N–H and O–H groups in total. The second-order valence-corrected chi connectivity index (χ2v) is 7.06. The Hall–Kier alpha value is -1.44. The van der Waals surface area contributed by atoms with Gasteiger partial charge in [0.2, 0.25) is 11.8 Å². The fourth-order valence-corrected chi connectivity index (χ4v) is 2.14. The van der Waals surface area contributed by atoms with Crippen molar-refractivity contribution in [3.05, 3.63) is 0 Å². The quantitative estimate of drug-likeness (QED) is 0.645. The van der Waals surface area contributed by atoms with Crippen LogP contribution in [0.2, 0.25) is 0 Å². The SMILES string of the molecule is CC1(C)C(=O)NC(=O)CN1C(=O)CCS(C)(=O)=O. The number of nitrogens with zero attached hydrogens (tertiary/aromatic N) is 1. The van der Waals surface area contributed by atoms with Gasteiger partial charge in [0.25, 0.3) is 5.91 Å². The molecule has 102 valence electrons. The number of hydrogen-bond donors (Lipinski definition) is 1. The van der Waals surface area contributed by atoms with Crippen molar-refractivity contribution in [1.29, 1.82) is 0 Å². The Kier molecular flexibility index (Phi) is 3.80. The van der Waals surface area contributed by atoms with E-state index in [-0.39, 0.29) is 18.7 Å². The van der Waals surface area contributed by atoms with Crippen molar-refractivity contribution in [3.8, 4) is 0 Å². The molecule has 0 aromatic heterocycles. The molecular formula is C10H16N2O5S. The monoisotopic (exact) mass is 276 g/mol. The first-order valence-electron chi connectivity index (χ1n) is 5.36. The largest absolute Gasteiger partial charge is 0.319 e. The van der Waals surface area contributed by atoms with Crippen molar-refractivity contribution in [2.45, 2.75) is 25.8 Å². The number of rotatable bonds is 3. The van der Waals surface area contributed by atoms with Crippen LogP contribution in [0.3, 0.4) is 0 Å². The fraction of sp³-hybridized carbons (Fsp3) is 0.700. The Labute approximate surface area is 105 Å². The molecule has 0 aromatic rings. The van der Waals surface area contributed by atoms with E-state index >= 15 is 0 Å². The lowest BCUT2D eigenvalue weighted by Crippen LogP contribution is -2.65.